The van der Waals surface area contributed by atoms with Crippen molar-refractivity contribution in [3.63, 3.8) is 0 Å². The average molecular weight is 810 g/mol. The summed E-state index contributed by atoms with van der Waals surface area (Å²) in [5.41, 5.74) is 9.84. The molecule has 2 saturated carbocycles. The van der Waals surface area contributed by atoms with Crippen LogP contribution in [0.4, 0.5) is 0 Å². The van der Waals surface area contributed by atoms with Gasteiger partial charge < -0.3 is 9.47 Å². The van der Waals surface area contributed by atoms with Gasteiger partial charge in [0.2, 0.25) is 12.2 Å². The Kier molecular flexibility index (Phi) is 14.7. The number of benzene rings is 4. The highest BCUT2D eigenvalue weighted by molar-refractivity contribution is 6.10. The monoisotopic (exact) mass is 809 g/mol. The van der Waals surface area contributed by atoms with Gasteiger partial charge in [0.25, 0.3) is 11.8 Å². The third-order valence-corrected chi connectivity index (χ3v) is 13.2. The van der Waals surface area contributed by atoms with Crippen LogP contribution in [0, 0.1) is 0 Å². The topological polar surface area (TPSA) is 90.0 Å². The van der Waals surface area contributed by atoms with Crippen molar-refractivity contribution >= 4 is 23.8 Å². The normalized spacial score (nSPS) is 18.8. The summed E-state index contributed by atoms with van der Waals surface area (Å²) in [6.07, 6.45) is 17.2. The van der Waals surface area contributed by atoms with Gasteiger partial charge in [-0.25, -0.2) is 9.59 Å². The molecule has 2 atom stereocenters. The van der Waals surface area contributed by atoms with Gasteiger partial charge in [0, 0.05) is 7.05 Å². The molecule has 1 saturated heterocycles. The molecule has 3 fully saturated rings. The molecule has 0 aromatic heterocycles. The van der Waals surface area contributed by atoms with Crippen LogP contribution in [0.5, 0.6) is 0 Å². The van der Waals surface area contributed by atoms with Crippen molar-refractivity contribution in [2.24, 2.45) is 0 Å². The van der Waals surface area contributed by atoms with Crippen molar-refractivity contribution in [2.45, 2.75) is 153 Å². The number of carbonyl (C=O) groups is 4. The van der Waals surface area contributed by atoms with Crippen LogP contribution in [-0.4, -0.2) is 47.9 Å². The first-order valence-electron chi connectivity index (χ1n) is 23.0. The van der Waals surface area contributed by atoms with E-state index in [1.807, 2.05) is 24.3 Å². The van der Waals surface area contributed by atoms with Crippen molar-refractivity contribution in [3.8, 4) is 22.3 Å². The van der Waals surface area contributed by atoms with Gasteiger partial charge >= 0.3 is 11.9 Å². The molecular weight excluding hydrogens is 747 g/mol. The highest BCUT2D eigenvalue weighted by Gasteiger charge is 2.51. The Hall–Kier alpha value is -5.04. The molecule has 0 unspecified atom stereocenters. The largest absolute Gasteiger partial charge is 0.444 e. The van der Waals surface area contributed by atoms with E-state index in [1.165, 1.54) is 69.5 Å². The highest BCUT2D eigenvalue weighted by atomic mass is 16.6. The van der Waals surface area contributed by atoms with Crippen LogP contribution in [-0.2, 0) is 31.9 Å². The fourth-order valence-electron chi connectivity index (χ4n) is 9.61. The maximum Gasteiger partial charge on any atom is 0.339 e. The van der Waals surface area contributed by atoms with E-state index in [2.05, 4.69) is 62.4 Å². The van der Waals surface area contributed by atoms with E-state index < -0.39 is 36.0 Å². The number of nitrogens with zero attached hydrogens (tertiary/aromatic N) is 1. The zero-order valence-electron chi connectivity index (χ0n) is 36.0. The van der Waals surface area contributed by atoms with E-state index in [9.17, 15) is 19.2 Å². The molecule has 0 radical (unpaired) electrons. The molecule has 7 rings (SSSR count). The molecule has 3 aliphatic rings. The van der Waals surface area contributed by atoms with E-state index in [0.717, 1.165) is 102 Å². The van der Waals surface area contributed by atoms with Gasteiger partial charge in [-0.2, -0.15) is 0 Å². The second-order valence-electron chi connectivity index (χ2n) is 17.5. The summed E-state index contributed by atoms with van der Waals surface area (Å²) in [5.74, 6) is -2.31. The Bertz CT molecular complexity index is 1960. The Morgan fingerprint density at radius 2 is 0.917 bits per heavy atom. The SMILES string of the molecule is CCCCCc1ccc(-c2ccc(C(=O)O[C@H]3C(=O)N(C)C(=O)[C@@H]3OC(=O)c3ccc(-c4ccc(CCCCC)cc4)c(C4CCCCC4)c3)cc2C2CCCCC2)cc1. The summed E-state index contributed by atoms with van der Waals surface area (Å²) in [4.78, 5) is 55.7. The first kappa shape index (κ1) is 43.1. The molecule has 1 aliphatic heterocycles. The number of carbonyl (C=O) groups excluding carboxylic acids is 4. The fraction of sp³-hybridized carbons (Fsp3) is 0.472. The van der Waals surface area contributed by atoms with Crippen LogP contribution in [0.15, 0.2) is 84.9 Å². The van der Waals surface area contributed by atoms with Crippen LogP contribution in [0.25, 0.3) is 22.3 Å². The molecule has 2 amide bonds. The molecule has 4 aromatic carbocycles. The number of amides is 2. The third-order valence-electron chi connectivity index (χ3n) is 13.2. The quantitative estimate of drug-likeness (QED) is 0.0636. The van der Waals surface area contributed by atoms with Crippen molar-refractivity contribution in [2.75, 3.05) is 7.05 Å². The molecule has 60 heavy (non-hydrogen) atoms. The molecule has 0 spiro atoms. The summed E-state index contributed by atoms with van der Waals surface area (Å²) in [5, 5.41) is 0. The van der Waals surface area contributed by atoms with Crippen molar-refractivity contribution in [1.29, 1.82) is 0 Å². The van der Waals surface area contributed by atoms with E-state index in [-0.39, 0.29) is 0 Å². The lowest BCUT2D eigenvalue weighted by Crippen LogP contribution is -2.37. The zero-order valence-corrected chi connectivity index (χ0v) is 36.0. The summed E-state index contributed by atoms with van der Waals surface area (Å²) in [6, 6.07) is 28.8. The van der Waals surface area contributed by atoms with Crippen molar-refractivity contribution in [1.82, 2.24) is 4.90 Å². The van der Waals surface area contributed by atoms with E-state index in [1.54, 1.807) is 12.1 Å². The lowest BCUT2D eigenvalue weighted by atomic mass is 9.80. The highest BCUT2D eigenvalue weighted by Crippen LogP contribution is 2.41. The van der Waals surface area contributed by atoms with Gasteiger partial charge in [0.1, 0.15) is 0 Å². The number of ether oxygens (including phenoxy) is 2. The molecular formula is C53H63NO6. The summed E-state index contributed by atoms with van der Waals surface area (Å²) < 4.78 is 11.7. The average Bonchev–Trinajstić information content (AvgIpc) is 3.48. The Morgan fingerprint density at radius 1 is 0.533 bits per heavy atom. The molecule has 7 heteroatoms. The maximum absolute atomic E-state index is 13.9. The predicted molar refractivity (Wildman–Crippen MR) is 238 cm³/mol. The number of likely N-dealkylation sites (tertiary alicyclic amines) is 1. The lowest BCUT2D eigenvalue weighted by Gasteiger charge is -2.25. The summed E-state index contributed by atoms with van der Waals surface area (Å²) in [6.45, 7) is 4.43. The van der Waals surface area contributed by atoms with Crippen LogP contribution >= 0.6 is 0 Å². The molecule has 316 valence electrons. The number of unbranched alkanes of at least 4 members (excludes halogenated alkanes) is 4. The Balaban J connectivity index is 1.11. The minimum Gasteiger partial charge on any atom is -0.444 e. The number of rotatable bonds is 16. The van der Waals surface area contributed by atoms with E-state index in [0.29, 0.717) is 23.0 Å². The lowest BCUT2D eigenvalue weighted by molar-refractivity contribution is -0.139. The van der Waals surface area contributed by atoms with Gasteiger partial charge in [-0.15, -0.1) is 0 Å². The smallest absolute Gasteiger partial charge is 0.339 e. The van der Waals surface area contributed by atoms with Crippen LogP contribution in [0.1, 0.15) is 171 Å². The number of imide groups is 1. The minimum atomic E-state index is -1.59. The van der Waals surface area contributed by atoms with Crippen LogP contribution in [0.2, 0.25) is 0 Å². The molecule has 0 N–H and O–H groups in total. The number of likely N-dealkylation sites (N-methyl/N-ethyl adjacent to an activating group) is 1. The molecule has 2 aliphatic carbocycles. The number of aryl methyl sites for hydroxylation is 2. The third kappa shape index (κ3) is 10.1. The van der Waals surface area contributed by atoms with Gasteiger partial charge in [0.15, 0.2) is 0 Å². The number of hydrogen-bond donors (Lipinski definition) is 0. The predicted octanol–water partition coefficient (Wildman–Crippen LogP) is 12.3. The summed E-state index contributed by atoms with van der Waals surface area (Å²) >= 11 is 0. The molecule has 0 bridgehead atoms. The standard InChI is InChI=1S/C53H63NO6/c1-4-6-10-16-36-22-26-40(27-23-36)44-32-30-42(34-46(44)38-18-12-8-13-19-38)52(57)59-48-49(51(56)54(3)50(48)55)60-53(58)43-31-33-45(47(35-43)39-20-14-9-15-21-39)41-28-24-37(25-29-41)17-11-7-5-2/h22-35,38-39,48-49H,4-21H2,1-3H3/t48-,49-/m1/s1. The van der Waals surface area contributed by atoms with Gasteiger partial charge in [-0.05, 0) is 132 Å². The maximum atomic E-state index is 13.9. The van der Waals surface area contributed by atoms with E-state index in [4.69, 9.17) is 9.47 Å². The Morgan fingerprint density at radius 3 is 1.28 bits per heavy atom. The van der Waals surface area contributed by atoms with Crippen molar-refractivity contribution < 1.29 is 28.7 Å². The fourth-order valence-corrected chi connectivity index (χ4v) is 9.61. The first-order valence-corrected chi connectivity index (χ1v) is 23.0. The zero-order chi connectivity index (χ0) is 42.0. The van der Waals surface area contributed by atoms with Crippen LogP contribution < -0.4 is 0 Å². The van der Waals surface area contributed by atoms with Crippen molar-refractivity contribution in [3.05, 3.63) is 118 Å². The second-order valence-corrected chi connectivity index (χ2v) is 17.5. The number of esters is 2. The van der Waals surface area contributed by atoms with Gasteiger partial charge in [-0.1, -0.05) is 139 Å². The molecule has 1 heterocycles. The summed E-state index contributed by atoms with van der Waals surface area (Å²) in [7, 11) is 1.33. The molecule has 7 nitrogen and oxygen atoms in total. The molecule has 4 aromatic rings. The van der Waals surface area contributed by atoms with Gasteiger partial charge in [0.05, 0.1) is 11.1 Å². The first-order chi connectivity index (χ1) is 29.2. The number of hydrogen-bond acceptors (Lipinski definition) is 6. The Labute approximate surface area is 357 Å². The van der Waals surface area contributed by atoms with Gasteiger partial charge in [-0.3, -0.25) is 14.5 Å². The van der Waals surface area contributed by atoms with E-state index >= 15 is 0 Å². The second kappa shape index (κ2) is 20.5. The van der Waals surface area contributed by atoms with Crippen LogP contribution in [0.3, 0.4) is 0 Å². The minimum absolute atomic E-state index is 0.292.